The van der Waals surface area contributed by atoms with E-state index >= 15 is 0 Å². The molecule has 204 valence electrons. The summed E-state index contributed by atoms with van der Waals surface area (Å²) in [6.45, 7) is 2.39. The molecule has 1 aliphatic rings. The molecule has 2 heterocycles. The van der Waals surface area contributed by atoms with Crippen molar-refractivity contribution in [2.24, 2.45) is 0 Å². The highest BCUT2D eigenvalue weighted by Crippen LogP contribution is 2.45. The molecule has 1 aliphatic heterocycles. The summed E-state index contributed by atoms with van der Waals surface area (Å²) in [4.78, 5) is 27.9. The second-order valence-corrected chi connectivity index (χ2v) is 10.2. The van der Waals surface area contributed by atoms with Gasteiger partial charge in [0.15, 0.2) is 11.5 Å². The number of aryl methyl sites for hydroxylation is 1. The van der Waals surface area contributed by atoms with Crippen LogP contribution in [-0.2, 0) is 22.7 Å². The largest absolute Gasteiger partial charge is 0.507 e. The number of ether oxygens (including phenoxy) is 2. The number of carbonyl (C=O) groups excluding carboxylic acids is 2. The Morgan fingerprint density at radius 1 is 1.05 bits per heavy atom. The molecule has 40 heavy (non-hydrogen) atoms. The van der Waals surface area contributed by atoms with Crippen LogP contribution >= 0.6 is 15.9 Å². The van der Waals surface area contributed by atoms with Crippen molar-refractivity contribution in [2.75, 3.05) is 7.11 Å². The number of Topliss-reactive ketones (excluding diaryl/α,β-unsaturated/α-hetero) is 1. The third-order valence-electron chi connectivity index (χ3n) is 6.82. The normalized spacial score (nSPS) is 16.4. The minimum Gasteiger partial charge on any atom is -0.507 e. The summed E-state index contributed by atoms with van der Waals surface area (Å²) in [5.74, 6) is -0.896. The molecule has 0 spiro atoms. The number of phenols is 1. The number of hydrogen-bond donors (Lipinski definition) is 2. The van der Waals surface area contributed by atoms with Crippen molar-refractivity contribution in [1.82, 2.24) is 4.90 Å². The smallest absolute Gasteiger partial charge is 0.296 e. The molecule has 3 aromatic carbocycles. The Morgan fingerprint density at radius 2 is 1.80 bits per heavy atom. The number of nitrogens with zero attached hydrogens (tertiary/aromatic N) is 1. The van der Waals surface area contributed by atoms with Gasteiger partial charge in [0.2, 0.25) is 0 Å². The number of halogens is 1. The minimum atomic E-state index is -0.979. The summed E-state index contributed by atoms with van der Waals surface area (Å²) in [6, 6.07) is 20.1. The first kappa shape index (κ1) is 27.1. The number of benzene rings is 3. The molecule has 1 aromatic heterocycles. The number of likely N-dealkylation sites (tertiary alicyclic amines) is 1. The average molecular weight is 604 g/mol. The lowest BCUT2D eigenvalue weighted by molar-refractivity contribution is -0.140. The van der Waals surface area contributed by atoms with Gasteiger partial charge < -0.3 is 29.0 Å². The van der Waals surface area contributed by atoms with Crippen molar-refractivity contribution in [3.05, 3.63) is 117 Å². The first-order valence-corrected chi connectivity index (χ1v) is 13.2. The van der Waals surface area contributed by atoms with E-state index in [1.54, 1.807) is 42.5 Å². The summed E-state index contributed by atoms with van der Waals surface area (Å²) in [5.41, 5.74) is 2.88. The Kier molecular flexibility index (Phi) is 7.66. The summed E-state index contributed by atoms with van der Waals surface area (Å²) in [6.07, 6.45) is 1.48. The van der Waals surface area contributed by atoms with Crippen molar-refractivity contribution < 1.29 is 33.7 Å². The molecule has 1 unspecified atom stereocenters. The number of hydrogen-bond acceptors (Lipinski definition) is 7. The molecule has 0 aliphatic carbocycles. The van der Waals surface area contributed by atoms with Crippen LogP contribution in [-0.4, -0.2) is 33.9 Å². The number of furan rings is 1. The number of amides is 1. The van der Waals surface area contributed by atoms with Crippen molar-refractivity contribution in [1.29, 1.82) is 0 Å². The van der Waals surface area contributed by atoms with Gasteiger partial charge in [0.05, 0.1) is 36.0 Å². The van der Waals surface area contributed by atoms with Gasteiger partial charge in [-0.15, -0.1) is 0 Å². The fourth-order valence-corrected chi connectivity index (χ4v) is 5.12. The number of phenolic OH excluding ortho intramolecular Hbond substituents is 1. The zero-order valence-corrected chi connectivity index (χ0v) is 23.3. The van der Waals surface area contributed by atoms with Gasteiger partial charge in [-0.1, -0.05) is 24.3 Å². The van der Waals surface area contributed by atoms with Gasteiger partial charge in [-0.05, 0) is 88.1 Å². The second-order valence-electron chi connectivity index (χ2n) is 9.30. The highest BCUT2D eigenvalue weighted by molar-refractivity contribution is 9.10. The molecule has 0 bridgehead atoms. The lowest BCUT2D eigenvalue weighted by atomic mass is 9.95. The fourth-order valence-electron chi connectivity index (χ4n) is 4.66. The number of aromatic hydroxyl groups is 1. The zero-order chi connectivity index (χ0) is 28.4. The van der Waals surface area contributed by atoms with Gasteiger partial charge >= 0.3 is 0 Å². The molecule has 8 nitrogen and oxygen atoms in total. The van der Waals surface area contributed by atoms with E-state index in [4.69, 9.17) is 13.9 Å². The molecule has 0 radical (unpaired) electrons. The zero-order valence-electron chi connectivity index (χ0n) is 21.8. The van der Waals surface area contributed by atoms with Crippen LogP contribution < -0.4 is 9.47 Å². The van der Waals surface area contributed by atoms with Crippen LogP contribution in [0.5, 0.6) is 17.2 Å². The van der Waals surface area contributed by atoms with E-state index in [0.29, 0.717) is 33.7 Å². The molecule has 2 N–H and O–H groups in total. The van der Waals surface area contributed by atoms with Crippen molar-refractivity contribution in [3.63, 3.8) is 0 Å². The van der Waals surface area contributed by atoms with Crippen LogP contribution in [0.15, 0.2) is 93.5 Å². The van der Waals surface area contributed by atoms with Crippen molar-refractivity contribution in [3.8, 4) is 17.2 Å². The number of methoxy groups -OCH3 is 1. The highest BCUT2D eigenvalue weighted by atomic mass is 79.9. The van der Waals surface area contributed by atoms with Gasteiger partial charge in [0.25, 0.3) is 11.7 Å². The van der Waals surface area contributed by atoms with Crippen molar-refractivity contribution >= 4 is 33.4 Å². The molecule has 5 rings (SSSR count). The van der Waals surface area contributed by atoms with E-state index in [2.05, 4.69) is 15.9 Å². The third-order valence-corrected chi connectivity index (χ3v) is 7.42. The topological polar surface area (TPSA) is 109 Å². The van der Waals surface area contributed by atoms with Gasteiger partial charge in [-0.25, -0.2) is 0 Å². The number of rotatable bonds is 8. The number of aliphatic hydroxyl groups is 1. The molecule has 9 heteroatoms. The maximum atomic E-state index is 13.4. The minimum absolute atomic E-state index is 0.00842. The maximum absolute atomic E-state index is 13.4. The lowest BCUT2D eigenvalue weighted by Crippen LogP contribution is -2.29. The summed E-state index contributed by atoms with van der Waals surface area (Å²) in [5, 5.41) is 21.7. The number of carbonyl (C=O) groups is 2. The van der Waals surface area contributed by atoms with Crippen LogP contribution in [0.3, 0.4) is 0 Å². The van der Waals surface area contributed by atoms with E-state index in [0.717, 1.165) is 11.1 Å². The first-order valence-electron chi connectivity index (χ1n) is 12.4. The Labute approximate surface area is 239 Å². The molecule has 0 saturated carbocycles. The summed E-state index contributed by atoms with van der Waals surface area (Å²) < 4.78 is 16.9. The van der Waals surface area contributed by atoms with Gasteiger partial charge in [-0.3, -0.25) is 9.59 Å². The quantitative estimate of drug-likeness (QED) is 0.139. The molecule has 1 fully saturated rings. The maximum Gasteiger partial charge on any atom is 0.296 e. The molecule has 1 amide bonds. The highest BCUT2D eigenvalue weighted by Gasteiger charge is 2.46. The Bertz CT molecular complexity index is 1590. The predicted octanol–water partition coefficient (Wildman–Crippen LogP) is 6.27. The predicted molar refractivity (Wildman–Crippen MR) is 151 cm³/mol. The van der Waals surface area contributed by atoms with Crippen LogP contribution in [0.2, 0.25) is 0 Å². The molecule has 1 atom stereocenters. The Morgan fingerprint density at radius 3 is 2.48 bits per heavy atom. The SMILES string of the molecule is COc1cc(C2/C(=C(\O)c3ccc(OCc4ccccc4C)cc3)C(=O)C(=O)N2Cc2ccco2)cc(Br)c1O. The Hall–Kier alpha value is -4.50. The lowest BCUT2D eigenvalue weighted by Gasteiger charge is -2.25. The van der Waals surface area contributed by atoms with Crippen LogP contribution in [0.4, 0.5) is 0 Å². The fraction of sp³-hybridized carbons (Fsp3) is 0.161. The van der Waals surface area contributed by atoms with Crippen LogP contribution in [0.25, 0.3) is 5.76 Å². The molecular formula is C31H26BrNO7. The summed E-state index contributed by atoms with van der Waals surface area (Å²) in [7, 11) is 1.40. The van der Waals surface area contributed by atoms with Gasteiger partial charge in [-0.2, -0.15) is 0 Å². The van der Waals surface area contributed by atoms with E-state index in [1.807, 2.05) is 31.2 Å². The van der Waals surface area contributed by atoms with Gasteiger partial charge in [0.1, 0.15) is 23.9 Å². The third kappa shape index (κ3) is 5.20. The molecule has 4 aromatic rings. The van der Waals surface area contributed by atoms with Crippen LogP contribution in [0.1, 0.15) is 34.1 Å². The number of aliphatic hydroxyl groups excluding tert-OH is 1. The number of ketones is 1. The second kappa shape index (κ2) is 11.3. The van der Waals surface area contributed by atoms with E-state index < -0.39 is 17.7 Å². The first-order chi connectivity index (χ1) is 19.3. The average Bonchev–Trinajstić information content (AvgIpc) is 3.56. The standard InChI is InChI=1S/C31H26BrNO7/c1-18-6-3-4-7-20(18)17-40-22-11-9-19(10-12-22)28(34)26-27(21-14-24(32)29(35)25(15-21)38-2)33(31(37)30(26)36)16-23-8-5-13-39-23/h3-15,27,34-35H,16-17H2,1-2H3/b28-26+. The Balaban J connectivity index is 1.52. The van der Waals surface area contributed by atoms with E-state index in [-0.39, 0.29) is 29.4 Å². The van der Waals surface area contributed by atoms with Crippen molar-refractivity contribution in [2.45, 2.75) is 26.1 Å². The van der Waals surface area contributed by atoms with E-state index in [9.17, 15) is 19.8 Å². The summed E-state index contributed by atoms with van der Waals surface area (Å²) >= 11 is 3.31. The van der Waals surface area contributed by atoms with E-state index in [1.165, 1.54) is 24.3 Å². The monoisotopic (exact) mass is 603 g/mol. The molecular weight excluding hydrogens is 578 g/mol. The molecule has 1 saturated heterocycles. The van der Waals surface area contributed by atoms with Crippen LogP contribution in [0, 0.1) is 6.92 Å². The van der Waals surface area contributed by atoms with Gasteiger partial charge in [0, 0.05) is 5.56 Å².